The Hall–Kier alpha value is -4.12. The Bertz CT molecular complexity index is 1300. The van der Waals surface area contributed by atoms with Gasteiger partial charge in [-0.3, -0.25) is 14.7 Å². The normalized spacial score (nSPS) is 15.9. The maximum absolute atomic E-state index is 13.4. The van der Waals surface area contributed by atoms with Crippen LogP contribution < -0.4 is 10.1 Å². The third kappa shape index (κ3) is 5.92. The van der Waals surface area contributed by atoms with E-state index in [0.29, 0.717) is 22.0 Å². The van der Waals surface area contributed by atoms with Crippen LogP contribution in [-0.2, 0) is 11.3 Å². The summed E-state index contributed by atoms with van der Waals surface area (Å²) in [5.41, 5.74) is 0.835. The van der Waals surface area contributed by atoms with Crippen LogP contribution in [0.2, 0.25) is 5.02 Å². The highest BCUT2D eigenvalue weighted by Gasteiger charge is 2.49. The molecule has 0 saturated carbocycles. The van der Waals surface area contributed by atoms with E-state index < -0.39 is 30.5 Å². The minimum atomic E-state index is -4.73. The number of ether oxygens (including phenoxy) is 1. The van der Waals surface area contributed by atoms with Gasteiger partial charge < -0.3 is 15.2 Å². The molecule has 4 rings (SSSR count). The van der Waals surface area contributed by atoms with Gasteiger partial charge in [-0.1, -0.05) is 29.8 Å². The number of carbonyl (C=O) groups is 2. The number of nitrogens with zero attached hydrogens (tertiary/aromatic N) is 3. The number of nitrogens with one attached hydrogen (secondary N) is 1. The Morgan fingerprint density at radius 3 is 2.44 bits per heavy atom. The van der Waals surface area contributed by atoms with Gasteiger partial charge in [0.05, 0.1) is 13.1 Å². The van der Waals surface area contributed by atoms with Gasteiger partial charge in [0.2, 0.25) is 17.7 Å². The molecule has 0 bridgehead atoms. The summed E-state index contributed by atoms with van der Waals surface area (Å²) in [5, 5.41) is 12.4. The van der Waals surface area contributed by atoms with Crippen molar-refractivity contribution in [1.29, 1.82) is 0 Å². The number of aromatic carboxylic acids is 1. The van der Waals surface area contributed by atoms with Crippen molar-refractivity contribution in [1.82, 2.24) is 9.88 Å². The maximum Gasteiger partial charge on any atom is 0.402 e. The standard InChI is InChI=1S/C24H18ClF3N4O4/c25-15-6-4-14(5-7-15)13-32-21(33)18(24(26,27)28)12-29-23(32)30-16-8-10-17(11-9-16)36-20-3-1-2-19(31-20)22(34)35/h1-11,18H,12-13H2,(H,29,30)(H,34,35). The molecule has 1 amide bonds. The molecule has 8 nitrogen and oxygen atoms in total. The summed E-state index contributed by atoms with van der Waals surface area (Å²) in [6.07, 6.45) is -4.73. The molecule has 0 fully saturated rings. The van der Waals surface area contributed by atoms with E-state index in [1.807, 2.05) is 0 Å². The van der Waals surface area contributed by atoms with E-state index in [9.17, 15) is 22.8 Å². The van der Waals surface area contributed by atoms with Gasteiger partial charge in [0.25, 0.3) is 0 Å². The largest absolute Gasteiger partial charge is 0.477 e. The molecule has 0 spiro atoms. The fraction of sp³-hybridized carbons (Fsp3) is 0.167. The molecule has 2 heterocycles. The molecular weight excluding hydrogens is 501 g/mol. The molecule has 1 atom stereocenters. The Balaban J connectivity index is 1.52. The van der Waals surface area contributed by atoms with E-state index in [0.717, 1.165) is 4.90 Å². The van der Waals surface area contributed by atoms with E-state index in [-0.39, 0.29) is 24.1 Å². The lowest BCUT2D eigenvalue weighted by Crippen LogP contribution is -2.52. The summed E-state index contributed by atoms with van der Waals surface area (Å²) in [5.74, 6) is -4.16. The van der Waals surface area contributed by atoms with E-state index in [2.05, 4.69) is 15.3 Å². The summed E-state index contributed by atoms with van der Waals surface area (Å²) in [6, 6.07) is 16.9. The van der Waals surface area contributed by atoms with Crippen molar-refractivity contribution in [2.45, 2.75) is 12.7 Å². The van der Waals surface area contributed by atoms with Gasteiger partial charge >= 0.3 is 12.1 Å². The Morgan fingerprint density at radius 2 is 1.81 bits per heavy atom. The van der Waals surface area contributed by atoms with E-state index >= 15 is 0 Å². The van der Waals surface area contributed by atoms with Crippen LogP contribution in [-0.4, -0.2) is 45.5 Å². The molecule has 0 saturated heterocycles. The lowest BCUT2D eigenvalue weighted by Gasteiger charge is -2.33. The fourth-order valence-corrected chi connectivity index (χ4v) is 3.48. The number of rotatable bonds is 6. The zero-order valence-corrected chi connectivity index (χ0v) is 19.1. The number of carboxylic acid groups (broad SMARTS) is 1. The average molecular weight is 519 g/mol. The third-order valence-electron chi connectivity index (χ3n) is 5.17. The quantitative estimate of drug-likeness (QED) is 0.464. The molecule has 12 heteroatoms. The van der Waals surface area contributed by atoms with Crippen molar-refractivity contribution >= 4 is 35.1 Å². The zero-order valence-electron chi connectivity index (χ0n) is 18.4. The van der Waals surface area contributed by atoms with E-state index in [1.54, 1.807) is 48.5 Å². The second-order valence-corrected chi connectivity index (χ2v) is 8.16. The number of anilines is 1. The second kappa shape index (κ2) is 10.2. The van der Waals surface area contributed by atoms with Gasteiger partial charge in [0.15, 0.2) is 11.6 Å². The first kappa shape index (κ1) is 25.0. The van der Waals surface area contributed by atoms with Gasteiger partial charge in [0.1, 0.15) is 5.75 Å². The van der Waals surface area contributed by atoms with Crippen LogP contribution in [0.25, 0.3) is 0 Å². The van der Waals surface area contributed by atoms with Crippen LogP contribution in [0.4, 0.5) is 18.9 Å². The van der Waals surface area contributed by atoms with Crippen LogP contribution in [0.5, 0.6) is 11.6 Å². The zero-order chi connectivity index (χ0) is 25.9. The van der Waals surface area contributed by atoms with Crippen molar-refractivity contribution < 1.29 is 32.6 Å². The number of amides is 1. The summed E-state index contributed by atoms with van der Waals surface area (Å²) >= 11 is 5.88. The Kier molecular flexibility index (Phi) is 7.11. The van der Waals surface area contributed by atoms with Crippen LogP contribution in [0.3, 0.4) is 0 Å². The molecule has 1 unspecified atom stereocenters. The number of benzene rings is 2. The smallest absolute Gasteiger partial charge is 0.402 e. The molecule has 1 aliphatic rings. The van der Waals surface area contributed by atoms with E-state index in [1.165, 1.54) is 18.2 Å². The van der Waals surface area contributed by atoms with E-state index in [4.69, 9.17) is 21.4 Å². The fourth-order valence-electron chi connectivity index (χ4n) is 3.36. The number of pyridine rings is 1. The van der Waals surface area contributed by atoms with Crippen LogP contribution >= 0.6 is 11.6 Å². The predicted octanol–water partition coefficient (Wildman–Crippen LogP) is 5.21. The van der Waals surface area contributed by atoms with Gasteiger partial charge in [-0.05, 0) is 48.0 Å². The topological polar surface area (TPSA) is 104 Å². The van der Waals surface area contributed by atoms with Crippen LogP contribution in [0.15, 0.2) is 71.7 Å². The van der Waals surface area contributed by atoms with Gasteiger partial charge in [-0.25, -0.2) is 9.78 Å². The van der Waals surface area contributed by atoms with Crippen LogP contribution in [0, 0.1) is 5.92 Å². The summed E-state index contributed by atoms with van der Waals surface area (Å²) in [6.45, 7) is -0.865. The SMILES string of the molecule is O=C(O)c1cccc(Oc2ccc(NC3=NCC(C(F)(F)F)C(=O)N3Cc3ccc(Cl)cc3)cc2)n1. The maximum atomic E-state index is 13.4. The minimum Gasteiger partial charge on any atom is -0.477 e. The molecule has 36 heavy (non-hydrogen) atoms. The lowest BCUT2D eigenvalue weighted by atomic mass is 10.1. The number of hydrogen-bond acceptors (Lipinski definition) is 6. The molecule has 1 aromatic heterocycles. The van der Waals surface area contributed by atoms with Crippen LogP contribution in [0.1, 0.15) is 16.1 Å². The van der Waals surface area contributed by atoms with Gasteiger partial charge in [0, 0.05) is 16.8 Å². The first-order valence-corrected chi connectivity index (χ1v) is 10.9. The summed E-state index contributed by atoms with van der Waals surface area (Å²) in [4.78, 5) is 32.7. The number of hydrogen-bond donors (Lipinski definition) is 2. The monoisotopic (exact) mass is 518 g/mol. The van der Waals surface area contributed by atoms with Gasteiger partial charge in [-0.15, -0.1) is 0 Å². The molecule has 2 N–H and O–H groups in total. The Labute approximate surface area is 208 Å². The first-order valence-electron chi connectivity index (χ1n) is 10.5. The third-order valence-corrected chi connectivity index (χ3v) is 5.42. The molecule has 3 aromatic rings. The molecule has 2 aromatic carbocycles. The number of carboxylic acids is 1. The van der Waals surface area contributed by atoms with Crippen molar-refractivity contribution in [3.63, 3.8) is 0 Å². The minimum absolute atomic E-state index is 0.0278. The number of aliphatic imine (C=N–C) groups is 1. The number of guanidine groups is 1. The number of halogens is 4. The molecule has 186 valence electrons. The predicted molar refractivity (Wildman–Crippen MR) is 125 cm³/mol. The van der Waals surface area contributed by atoms with Gasteiger partial charge in [-0.2, -0.15) is 13.2 Å². The lowest BCUT2D eigenvalue weighted by molar-refractivity contribution is -0.186. The molecule has 1 aliphatic heterocycles. The summed E-state index contributed by atoms with van der Waals surface area (Å²) < 4.78 is 45.8. The molecule has 0 radical (unpaired) electrons. The highest BCUT2D eigenvalue weighted by atomic mass is 35.5. The summed E-state index contributed by atoms with van der Waals surface area (Å²) in [7, 11) is 0. The number of alkyl halides is 3. The number of aromatic nitrogens is 1. The molecule has 0 aliphatic carbocycles. The van der Waals surface area contributed by atoms with Crippen molar-refractivity contribution in [3.8, 4) is 11.6 Å². The Morgan fingerprint density at radius 1 is 1.11 bits per heavy atom. The second-order valence-electron chi connectivity index (χ2n) is 7.73. The average Bonchev–Trinajstić information content (AvgIpc) is 2.83. The molecular formula is C24H18ClF3N4O4. The van der Waals surface area contributed by atoms with Crippen molar-refractivity contribution in [2.24, 2.45) is 10.9 Å². The highest BCUT2D eigenvalue weighted by molar-refractivity contribution is 6.30. The van der Waals surface area contributed by atoms with Crippen molar-refractivity contribution in [2.75, 3.05) is 11.9 Å². The first-order chi connectivity index (χ1) is 17.1. The highest BCUT2D eigenvalue weighted by Crippen LogP contribution is 2.32. The van der Waals surface area contributed by atoms with Crippen molar-refractivity contribution in [3.05, 3.63) is 83.0 Å². The number of carbonyl (C=O) groups excluding carboxylic acids is 1.